The van der Waals surface area contributed by atoms with Crippen LogP contribution in [0.1, 0.15) is 30.4 Å². The minimum Gasteiger partial charge on any atom is -0.484 e. The molecule has 7 heteroatoms. The molecule has 4 rings (SSSR count). The van der Waals surface area contributed by atoms with Crippen molar-refractivity contribution < 1.29 is 23.8 Å². The quantitative estimate of drug-likeness (QED) is 0.837. The van der Waals surface area contributed by atoms with Crippen molar-refractivity contribution in [2.75, 3.05) is 13.2 Å². The van der Waals surface area contributed by atoms with Crippen LogP contribution in [0.5, 0.6) is 5.75 Å². The van der Waals surface area contributed by atoms with Crippen LogP contribution in [0.25, 0.3) is 11.0 Å². The summed E-state index contributed by atoms with van der Waals surface area (Å²) in [5.41, 5.74) is 1.94. The standard InChI is InChI=1S/C19H19NO6/c21-17(20-8-2-5-15(20)18(22)23)10-25-11-6-7-13-12-3-1-4-14(12)19(24)26-16(13)9-11/h6-7,9,15H,1-5,8,10H2,(H,22,23)/t15-/m1/s1. The van der Waals surface area contributed by atoms with Gasteiger partial charge in [0.15, 0.2) is 6.61 Å². The summed E-state index contributed by atoms with van der Waals surface area (Å²) in [6, 6.07) is 4.43. The minimum atomic E-state index is -0.989. The average molecular weight is 357 g/mol. The number of rotatable bonds is 4. The SMILES string of the molecule is O=C(O)[C@H]1CCCN1C(=O)COc1ccc2c3c(c(=O)oc2c1)CCC3. The fourth-order valence-electron chi connectivity index (χ4n) is 3.90. The Bertz CT molecular complexity index is 947. The number of likely N-dealkylation sites (tertiary alicyclic amines) is 1. The minimum absolute atomic E-state index is 0.246. The molecule has 136 valence electrons. The second-order valence-electron chi connectivity index (χ2n) is 6.73. The highest BCUT2D eigenvalue weighted by atomic mass is 16.5. The maximum Gasteiger partial charge on any atom is 0.339 e. The third kappa shape index (κ3) is 2.83. The van der Waals surface area contributed by atoms with Crippen molar-refractivity contribution in [3.63, 3.8) is 0 Å². The van der Waals surface area contributed by atoms with E-state index in [9.17, 15) is 14.4 Å². The number of carbonyl (C=O) groups excluding carboxylic acids is 1. The number of hydrogen-bond donors (Lipinski definition) is 1. The predicted octanol–water partition coefficient (Wildman–Crippen LogP) is 1.74. The summed E-state index contributed by atoms with van der Waals surface area (Å²) in [5, 5.41) is 10.1. The number of ether oxygens (including phenoxy) is 1. The lowest BCUT2D eigenvalue weighted by molar-refractivity contribution is -0.148. The monoisotopic (exact) mass is 357 g/mol. The zero-order valence-corrected chi connectivity index (χ0v) is 14.2. The highest BCUT2D eigenvalue weighted by Gasteiger charge is 2.34. The van der Waals surface area contributed by atoms with Crippen molar-refractivity contribution in [3.05, 3.63) is 39.7 Å². The van der Waals surface area contributed by atoms with Gasteiger partial charge in [-0.2, -0.15) is 0 Å². The van der Waals surface area contributed by atoms with Crippen LogP contribution in [-0.4, -0.2) is 41.1 Å². The van der Waals surface area contributed by atoms with Gasteiger partial charge in [0.05, 0.1) is 0 Å². The zero-order valence-electron chi connectivity index (χ0n) is 14.2. The molecule has 0 spiro atoms. The van der Waals surface area contributed by atoms with Crippen LogP contribution < -0.4 is 10.4 Å². The zero-order chi connectivity index (χ0) is 18.3. The molecular weight excluding hydrogens is 338 g/mol. The first kappa shape index (κ1) is 16.6. The number of benzene rings is 1. The first-order valence-electron chi connectivity index (χ1n) is 8.78. The van der Waals surface area contributed by atoms with E-state index in [-0.39, 0.29) is 18.1 Å². The third-order valence-electron chi connectivity index (χ3n) is 5.17. The van der Waals surface area contributed by atoms with Crippen molar-refractivity contribution in [1.82, 2.24) is 4.90 Å². The van der Waals surface area contributed by atoms with Gasteiger partial charge in [-0.3, -0.25) is 4.79 Å². The van der Waals surface area contributed by atoms with E-state index < -0.39 is 12.0 Å². The van der Waals surface area contributed by atoms with Gasteiger partial charge in [-0.05, 0) is 49.8 Å². The molecule has 1 aromatic heterocycles. The smallest absolute Gasteiger partial charge is 0.339 e. The van der Waals surface area contributed by atoms with Crippen molar-refractivity contribution in [2.24, 2.45) is 0 Å². The van der Waals surface area contributed by atoms with E-state index in [0.29, 0.717) is 30.7 Å². The molecule has 1 saturated heterocycles. The Balaban J connectivity index is 1.51. The number of aliphatic carboxylic acids is 1. The third-order valence-corrected chi connectivity index (χ3v) is 5.17. The van der Waals surface area contributed by atoms with Crippen LogP contribution in [0, 0.1) is 0 Å². The lowest BCUT2D eigenvalue weighted by atomic mass is 10.1. The molecule has 1 aromatic carbocycles. The molecule has 1 aliphatic carbocycles. The topological polar surface area (TPSA) is 97.0 Å². The van der Waals surface area contributed by atoms with Crippen molar-refractivity contribution in [2.45, 2.75) is 38.1 Å². The molecule has 0 unspecified atom stereocenters. The Labute approximate surface area is 149 Å². The number of fused-ring (bicyclic) bond motifs is 3. The molecule has 1 aliphatic heterocycles. The molecule has 0 bridgehead atoms. The van der Waals surface area contributed by atoms with Crippen LogP contribution >= 0.6 is 0 Å². The lowest BCUT2D eigenvalue weighted by Gasteiger charge is -2.21. The number of carbonyl (C=O) groups is 2. The van der Waals surface area contributed by atoms with Crippen molar-refractivity contribution in [3.8, 4) is 5.75 Å². The van der Waals surface area contributed by atoms with E-state index in [1.165, 1.54) is 4.90 Å². The molecule has 1 N–H and O–H groups in total. The number of aryl methyl sites for hydroxylation is 1. The van der Waals surface area contributed by atoms with Crippen LogP contribution in [0.2, 0.25) is 0 Å². The van der Waals surface area contributed by atoms with Crippen LogP contribution in [0.15, 0.2) is 27.4 Å². The number of nitrogens with zero attached hydrogens (tertiary/aromatic N) is 1. The van der Waals surface area contributed by atoms with E-state index in [4.69, 9.17) is 14.3 Å². The van der Waals surface area contributed by atoms with Gasteiger partial charge in [0, 0.05) is 23.6 Å². The molecule has 26 heavy (non-hydrogen) atoms. The van der Waals surface area contributed by atoms with Crippen LogP contribution in [0.4, 0.5) is 0 Å². The van der Waals surface area contributed by atoms with Gasteiger partial charge in [-0.25, -0.2) is 9.59 Å². The summed E-state index contributed by atoms with van der Waals surface area (Å²) in [6.07, 6.45) is 3.71. The lowest BCUT2D eigenvalue weighted by Crippen LogP contribution is -2.42. The Morgan fingerprint density at radius 2 is 2.04 bits per heavy atom. The summed E-state index contributed by atoms with van der Waals surface area (Å²) in [7, 11) is 0. The van der Waals surface area contributed by atoms with Gasteiger partial charge >= 0.3 is 11.6 Å². The second kappa shape index (κ2) is 6.48. The van der Waals surface area contributed by atoms with Crippen LogP contribution in [0.3, 0.4) is 0 Å². The predicted molar refractivity (Wildman–Crippen MR) is 92.4 cm³/mol. The Hall–Kier alpha value is -2.83. The Morgan fingerprint density at radius 3 is 2.85 bits per heavy atom. The highest BCUT2D eigenvalue weighted by Crippen LogP contribution is 2.29. The fraction of sp³-hybridized carbons (Fsp3) is 0.421. The molecule has 0 radical (unpaired) electrons. The first-order chi connectivity index (χ1) is 12.5. The van der Waals surface area contributed by atoms with E-state index in [2.05, 4.69) is 0 Å². The van der Waals surface area contributed by atoms with Gasteiger partial charge in [-0.15, -0.1) is 0 Å². The van der Waals surface area contributed by atoms with E-state index >= 15 is 0 Å². The van der Waals surface area contributed by atoms with Crippen LogP contribution in [-0.2, 0) is 22.4 Å². The molecule has 0 saturated carbocycles. The van der Waals surface area contributed by atoms with Gasteiger partial charge < -0.3 is 19.2 Å². The summed E-state index contributed by atoms with van der Waals surface area (Å²) in [6.45, 7) is 0.183. The maximum atomic E-state index is 12.3. The van der Waals surface area contributed by atoms with Gasteiger partial charge in [0.1, 0.15) is 17.4 Å². The number of carboxylic acid groups (broad SMARTS) is 1. The first-order valence-corrected chi connectivity index (χ1v) is 8.78. The summed E-state index contributed by atoms with van der Waals surface area (Å²) in [5.74, 6) is -0.930. The molecule has 1 fully saturated rings. The van der Waals surface area contributed by atoms with Gasteiger partial charge in [-0.1, -0.05) is 0 Å². The number of carboxylic acids is 1. The van der Waals surface area contributed by atoms with E-state index in [1.807, 2.05) is 6.07 Å². The van der Waals surface area contributed by atoms with Gasteiger partial charge in [0.25, 0.3) is 5.91 Å². The molecule has 2 aliphatic rings. The van der Waals surface area contributed by atoms with Crippen molar-refractivity contribution in [1.29, 1.82) is 0 Å². The summed E-state index contributed by atoms with van der Waals surface area (Å²) in [4.78, 5) is 36.9. The number of hydrogen-bond acceptors (Lipinski definition) is 5. The molecule has 7 nitrogen and oxygen atoms in total. The van der Waals surface area contributed by atoms with Gasteiger partial charge in [0.2, 0.25) is 0 Å². The molecule has 2 aromatic rings. The fourth-order valence-corrected chi connectivity index (χ4v) is 3.90. The Morgan fingerprint density at radius 1 is 1.23 bits per heavy atom. The number of amides is 1. The van der Waals surface area contributed by atoms with Crippen molar-refractivity contribution >= 4 is 22.8 Å². The highest BCUT2D eigenvalue weighted by molar-refractivity contribution is 5.86. The van der Waals surface area contributed by atoms with E-state index in [1.54, 1.807) is 12.1 Å². The molecule has 1 atom stereocenters. The van der Waals surface area contributed by atoms with E-state index in [0.717, 1.165) is 35.8 Å². The maximum absolute atomic E-state index is 12.3. The summed E-state index contributed by atoms with van der Waals surface area (Å²) < 4.78 is 10.9. The molecular formula is C19H19NO6. The molecule has 2 heterocycles. The average Bonchev–Trinajstić information content (AvgIpc) is 3.29. The largest absolute Gasteiger partial charge is 0.484 e. The Kier molecular flexibility index (Phi) is 4.14. The summed E-state index contributed by atoms with van der Waals surface area (Å²) >= 11 is 0. The second-order valence-corrected chi connectivity index (χ2v) is 6.73. The molecule has 1 amide bonds. The normalized spacial score (nSPS) is 18.9.